The minimum atomic E-state index is -2.61. The van der Waals surface area contributed by atoms with Crippen LogP contribution in [0.15, 0.2) is 24.7 Å². The van der Waals surface area contributed by atoms with Crippen LogP contribution in [0.1, 0.15) is 14.5 Å². The molecule has 0 amide bonds. The predicted molar refractivity (Wildman–Crippen MR) is 51.1 cm³/mol. The van der Waals surface area contributed by atoms with Gasteiger partial charge in [0.2, 0.25) is 5.88 Å². The second kappa shape index (κ2) is 3.87. The van der Waals surface area contributed by atoms with E-state index in [1.165, 1.54) is 29.5 Å². The van der Waals surface area contributed by atoms with Crippen molar-refractivity contribution < 1.29 is 13.6 Å². The molecule has 0 aliphatic carbocycles. The summed E-state index contributed by atoms with van der Waals surface area (Å²) in [5, 5.41) is 7.71. The van der Waals surface area contributed by atoms with Gasteiger partial charge in [-0.15, -0.1) is 0 Å². The van der Waals surface area contributed by atoms with E-state index in [4.69, 9.17) is 4.11 Å². The van der Waals surface area contributed by atoms with E-state index in [0.717, 1.165) is 0 Å². The molecule has 0 atom stereocenters. The highest BCUT2D eigenvalue weighted by Gasteiger charge is 2.07. The third kappa shape index (κ3) is 1.69. The van der Waals surface area contributed by atoms with E-state index in [9.17, 15) is 4.79 Å². The Balaban J connectivity index is 2.43. The van der Waals surface area contributed by atoms with E-state index >= 15 is 0 Å². The standard InChI is InChI=1S/C9H8N4O2/c1-15-9-4-8(7(6-14)5-10-9)13-11-2-3-12-13/h2-6H,1H3/i1D3. The van der Waals surface area contributed by atoms with Crippen LogP contribution in [0.2, 0.25) is 0 Å². The number of hydrogen-bond acceptors (Lipinski definition) is 5. The van der Waals surface area contributed by atoms with Gasteiger partial charge < -0.3 is 4.74 Å². The van der Waals surface area contributed by atoms with E-state index in [1.807, 2.05) is 0 Å². The molecule has 0 aliphatic heterocycles. The molecule has 0 saturated heterocycles. The molecule has 0 saturated carbocycles. The van der Waals surface area contributed by atoms with Crippen LogP contribution in [0.4, 0.5) is 0 Å². The Bertz CT molecular complexity index is 553. The Labute approximate surface area is 89.7 Å². The lowest BCUT2D eigenvalue weighted by molar-refractivity contribution is 0.112. The van der Waals surface area contributed by atoms with Gasteiger partial charge in [0.15, 0.2) is 6.29 Å². The fourth-order valence-electron chi connectivity index (χ4n) is 1.10. The molecule has 6 heteroatoms. The Morgan fingerprint density at radius 3 is 3.00 bits per heavy atom. The van der Waals surface area contributed by atoms with E-state index < -0.39 is 7.04 Å². The second-order valence-electron chi connectivity index (χ2n) is 2.62. The first kappa shape index (κ1) is 6.28. The number of carbonyl (C=O) groups excluding carboxylic acids is 1. The predicted octanol–water partition coefficient (Wildman–Crippen LogP) is 0.483. The summed E-state index contributed by atoms with van der Waals surface area (Å²) in [6, 6.07) is 1.29. The highest BCUT2D eigenvalue weighted by molar-refractivity contribution is 5.80. The topological polar surface area (TPSA) is 69.9 Å². The quantitative estimate of drug-likeness (QED) is 0.685. The number of pyridine rings is 1. The van der Waals surface area contributed by atoms with Crippen molar-refractivity contribution in [3.63, 3.8) is 0 Å². The van der Waals surface area contributed by atoms with Crippen molar-refractivity contribution in [2.75, 3.05) is 7.04 Å². The van der Waals surface area contributed by atoms with Gasteiger partial charge in [-0.05, 0) is 0 Å². The molecule has 15 heavy (non-hydrogen) atoms. The molecule has 0 bridgehead atoms. The summed E-state index contributed by atoms with van der Waals surface area (Å²) < 4.78 is 25.6. The Hall–Kier alpha value is -2.24. The van der Waals surface area contributed by atoms with E-state index in [-0.39, 0.29) is 11.4 Å². The normalized spacial score (nSPS) is 13.7. The smallest absolute Gasteiger partial charge is 0.215 e. The molecule has 0 spiro atoms. The molecule has 2 rings (SSSR count). The van der Waals surface area contributed by atoms with E-state index in [2.05, 4.69) is 19.9 Å². The molecular weight excluding hydrogens is 196 g/mol. The number of carbonyl (C=O) groups is 1. The number of methoxy groups -OCH3 is 1. The molecule has 0 radical (unpaired) electrons. The highest BCUT2D eigenvalue weighted by atomic mass is 16.5. The van der Waals surface area contributed by atoms with Crippen molar-refractivity contribution in [2.45, 2.75) is 0 Å². The number of nitrogens with zero attached hydrogens (tertiary/aromatic N) is 4. The van der Waals surface area contributed by atoms with Gasteiger partial charge in [-0.2, -0.15) is 15.0 Å². The van der Waals surface area contributed by atoms with Crippen LogP contribution in [0.25, 0.3) is 5.69 Å². The largest absolute Gasteiger partial charge is 0.481 e. The molecule has 76 valence electrons. The molecule has 0 aliphatic rings. The summed E-state index contributed by atoms with van der Waals surface area (Å²) in [4.78, 5) is 15.8. The molecule has 0 fully saturated rings. The van der Waals surface area contributed by atoms with Crippen LogP contribution >= 0.6 is 0 Å². The fraction of sp³-hybridized carbons (Fsp3) is 0.111. The third-order valence-electron chi connectivity index (χ3n) is 1.75. The Morgan fingerprint density at radius 2 is 2.33 bits per heavy atom. The number of ether oxygens (including phenoxy) is 1. The zero-order valence-corrected chi connectivity index (χ0v) is 7.49. The Morgan fingerprint density at radius 1 is 1.53 bits per heavy atom. The number of rotatable bonds is 3. The maximum absolute atomic E-state index is 10.9. The van der Waals surface area contributed by atoms with Crippen molar-refractivity contribution in [3.05, 3.63) is 30.2 Å². The summed E-state index contributed by atoms with van der Waals surface area (Å²) in [5.74, 6) is -0.132. The third-order valence-corrected chi connectivity index (χ3v) is 1.75. The first-order valence-electron chi connectivity index (χ1n) is 5.50. The van der Waals surface area contributed by atoms with E-state index in [1.54, 1.807) is 0 Å². The van der Waals surface area contributed by atoms with Crippen LogP contribution < -0.4 is 4.74 Å². The maximum Gasteiger partial charge on any atom is 0.215 e. The summed E-state index contributed by atoms with van der Waals surface area (Å²) in [7, 11) is -2.61. The zero-order chi connectivity index (χ0) is 13.2. The van der Waals surface area contributed by atoms with Gasteiger partial charge in [-0.1, -0.05) is 0 Å². The first-order chi connectivity index (χ1) is 8.49. The van der Waals surface area contributed by atoms with Gasteiger partial charge in [-0.25, -0.2) is 4.98 Å². The molecule has 2 heterocycles. The average molecular weight is 207 g/mol. The molecule has 0 aromatic carbocycles. The molecule has 0 unspecified atom stereocenters. The van der Waals surface area contributed by atoms with Crippen LogP contribution in [0.5, 0.6) is 5.88 Å². The SMILES string of the molecule is [2H]C([2H])([2H])Oc1cc(-n2nccn2)c(C=O)cn1. The summed E-state index contributed by atoms with van der Waals surface area (Å²) in [6.07, 6.45) is 4.64. The summed E-state index contributed by atoms with van der Waals surface area (Å²) >= 11 is 0. The molecule has 6 nitrogen and oxygen atoms in total. The van der Waals surface area contributed by atoms with Gasteiger partial charge in [-0.3, -0.25) is 4.79 Å². The molecule has 2 aromatic heterocycles. The van der Waals surface area contributed by atoms with Gasteiger partial charge in [0, 0.05) is 12.3 Å². The summed E-state index contributed by atoms with van der Waals surface area (Å²) in [6.45, 7) is 0. The maximum atomic E-state index is 10.9. The average Bonchev–Trinajstić information content (AvgIpc) is 2.80. The number of aromatic nitrogens is 4. The first-order valence-corrected chi connectivity index (χ1v) is 4.00. The molecule has 0 N–H and O–H groups in total. The van der Waals surface area contributed by atoms with Crippen LogP contribution in [-0.2, 0) is 0 Å². The van der Waals surface area contributed by atoms with Crippen LogP contribution in [-0.4, -0.2) is 33.3 Å². The van der Waals surface area contributed by atoms with Gasteiger partial charge in [0.25, 0.3) is 0 Å². The lowest BCUT2D eigenvalue weighted by Crippen LogP contribution is -2.04. The zero-order valence-electron chi connectivity index (χ0n) is 10.5. The van der Waals surface area contributed by atoms with Gasteiger partial charge in [0.05, 0.1) is 29.1 Å². The van der Waals surface area contributed by atoms with Crippen molar-refractivity contribution in [3.8, 4) is 11.6 Å². The molecule has 2 aromatic rings. The fourth-order valence-corrected chi connectivity index (χ4v) is 1.10. The number of hydrogen-bond donors (Lipinski definition) is 0. The van der Waals surface area contributed by atoms with Gasteiger partial charge in [0.1, 0.15) is 5.69 Å². The minimum absolute atomic E-state index is 0.132. The lowest BCUT2D eigenvalue weighted by atomic mass is 10.2. The monoisotopic (exact) mass is 207 g/mol. The van der Waals surface area contributed by atoms with Crippen molar-refractivity contribution >= 4 is 6.29 Å². The van der Waals surface area contributed by atoms with Crippen molar-refractivity contribution in [1.29, 1.82) is 0 Å². The van der Waals surface area contributed by atoms with Crippen LogP contribution in [0, 0.1) is 0 Å². The van der Waals surface area contributed by atoms with Gasteiger partial charge >= 0.3 is 0 Å². The van der Waals surface area contributed by atoms with Crippen LogP contribution in [0.3, 0.4) is 0 Å². The van der Waals surface area contributed by atoms with Crippen molar-refractivity contribution in [2.24, 2.45) is 0 Å². The second-order valence-corrected chi connectivity index (χ2v) is 2.62. The van der Waals surface area contributed by atoms with Crippen molar-refractivity contribution in [1.82, 2.24) is 20.0 Å². The van der Waals surface area contributed by atoms with E-state index in [0.29, 0.717) is 12.0 Å². The highest BCUT2D eigenvalue weighted by Crippen LogP contribution is 2.15. The molecular formula is C9H8N4O2. The number of aldehydes is 1. The summed E-state index contributed by atoms with van der Waals surface area (Å²) in [5.41, 5.74) is 0.522. The minimum Gasteiger partial charge on any atom is -0.481 e. The Kier molecular flexibility index (Phi) is 1.62. The lowest BCUT2D eigenvalue weighted by Gasteiger charge is -2.04.